The molecule has 0 aromatic heterocycles. The van der Waals surface area contributed by atoms with Crippen molar-refractivity contribution in [3.05, 3.63) is 57.0 Å². The largest absolute Gasteiger partial charge is 0.517 e. The minimum absolute atomic E-state index is 0.0298. The summed E-state index contributed by atoms with van der Waals surface area (Å²) in [6.45, 7) is 0. The van der Waals surface area contributed by atoms with Crippen LogP contribution in [-0.4, -0.2) is 26.9 Å². The maximum atomic E-state index is 13.2. The molecule has 0 atom stereocenters. The van der Waals surface area contributed by atoms with Gasteiger partial charge in [-0.3, -0.25) is 4.79 Å². The Kier molecular flexibility index (Phi) is 6.20. The van der Waals surface area contributed by atoms with E-state index in [1.54, 1.807) is 0 Å². The van der Waals surface area contributed by atoms with Crippen molar-refractivity contribution in [3.8, 4) is 5.75 Å². The number of hydrogen-bond acceptors (Lipinski definition) is 4. The number of alkyl halides is 3. The van der Waals surface area contributed by atoms with Crippen LogP contribution in [0.25, 0.3) is 0 Å². The van der Waals surface area contributed by atoms with Crippen LogP contribution in [-0.2, 0) is 10.0 Å². The van der Waals surface area contributed by atoms with Crippen LogP contribution in [0, 0.1) is 0 Å². The SMILES string of the molecule is COc1c(Cl)cc(C(=O)N(c2ccccc2Cl)S(=O)(=O)C(F)(F)F)cc1Cl. The summed E-state index contributed by atoms with van der Waals surface area (Å²) in [5.74, 6) is -1.58. The van der Waals surface area contributed by atoms with Crippen LogP contribution in [0.2, 0.25) is 15.1 Å². The fourth-order valence-corrected chi connectivity index (χ4v) is 3.92. The Morgan fingerprint density at radius 1 is 1.04 bits per heavy atom. The predicted octanol–water partition coefficient (Wildman–Crippen LogP) is 5.15. The van der Waals surface area contributed by atoms with Gasteiger partial charge in [0.1, 0.15) is 0 Å². The molecule has 0 aliphatic rings. The first-order valence-electron chi connectivity index (χ1n) is 6.85. The lowest BCUT2D eigenvalue weighted by atomic mass is 10.2. The second kappa shape index (κ2) is 7.75. The Bertz CT molecular complexity index is 973. The zero-order chi connectivity index (χ0) is 20.6. The van der Waals surface area contributed by atoms with Gasteiger partial charge >= 0.3 is 15.5 Å². The Balaban J connectivity index is 2.72. The minimum atomic E-state index is -6.12. The smallest absolute Gasteiger partial charge is 0.494 e. The van der Waals surface area contributed by atoms with Gasteiger partial charge in [0.2, 0.25) is 0 Å². The van der Waals surface area contributed by atoms with E-state index in [1.165, 1.54) is 19.2 Å². The summed E-state index contributed by atoms with van der Waals surface area (Å²) < 4.78 is 68.0. The van der Waals surface area contributed by atoms with E-state index in [1.807, 2.05) is 0 Å². The summed E-state index contributed by atoms with van der Waals surface area (Å²) in [6, 6.07) is 6.54. The molecule has 5 nitrogen and oxygen atoms in total. The fraction of sp³-hybridized carbons (Fsp3) is 0.133. The second-order valence-corrected chi connectivity index (χ2v) is 7.94. The number of halogens is 6. The number of carbonyl (C=O) groups is 1. The molecule has 0 fully saturated rings. The van der Waals surface area contributed by atoms with E-state index in [2.05, 4.69) is 0 Å². The van der Waals surface area contributed by atoms with E-state index in [4.69, 9.17) is 39.5 Å². The molecule has 1 amide bonds. The molecule has 0 saturated carbocycles. The second-order valence-electron chi connectivity index (χ2n) is 4.94. The van der Waals surface area contributed by atoms with Gasteiger partial charge in [0.25, 0.3) is 5.91 Å². The molecule has 0 radical (unpaired) electrons. The highest BCUT2D eigenvalue weighted by Gasteiger charge is 2.53. The third kappa shape index (κ3) is 4.11. The highest BCUT2D eigenvalue weighted by molar-refractivity contribution is 7.94. The van der Waals surface area contributed by atoms with Gasteiger partial charge in [0.05, 0.1) is 27.9 Å². The van der Waals surface area contributed by atoms with E-state index in [9.17, 15) is 26.4 Å². The van der Waals surface area contributed by atoms with Crippen molar-refractivity contribution in [2.75, 3.05) is 11.4 Å². The quantitative estimate of drug-likeness (QED) is 0.630. The molecule has 0 aliphatic carbocycles. The number of ether oxygens (including phenoxy) is 1. The third-order valence-corrected chi connectivity index (χ3v) is 5.55. The molecule has 12 heteroatoms. The van der Waals surface area contributed by atoms with Crippen LogP contribution < -0.4 is 9.04 Å². The Morgan fingerprint density at radius 2 is 1.56 bits per heavy atom. The zero-order valence-electron chi connectivity index (χ0n) is 13.2. The molecule has 0 N–H and O–H groups in total. The number of anilines is 1. The first kappa shape index (κ1) is 21.6. The van der Waals surface area contributed by atoms with Crippen molar-refractivity contribution in [1.82, 2.24) is 0 Å². The van der Waals surface area contributed by atoms with Gasteiger partial charge in [0, 0.05) is 5.56 Å². The Hall–Kier alpha value is -1.68. The van der Waals surface area contributed by atoms with Crippen molar-refractivity contribution >= 4 is 56.4 Å². The Morgan fingerprint density at radius 3 is 2.00 bits per heavy atom. The first-order valence-corrected chi connectivity index (χ1v) is 9.42. The highest BCUT2D eigenvalue weighted by atomic mass is 35.5. The van der Waals surface area contributed by atoms with Crippen LogP contribution in [0.5, 0.6) is 5.75 Å². The number of amides is 1. The summed E-state index contributed by atoms with van der Waals surface area (Å²) in [4.78, 5) is 12.7. The summed E-state index contributed by atoms with van der Waals surface area (Å²) >= 11 is 17.6. The van der Waals surface area contributed by atoms with E-state index in [0.717, 1.165) is 24.3 Å². The average molecular weight is 463 g/mol. The lowest BCUT2D eigenvalue weighted by molar-refractivity contribution is -0.0437. The van der Waals surface area contributed by atoms with Gasteiger partial charge in [-0.2, -0.15) is 25.9 Å². The molecule has 2 rings (SSSR count). The molecule has 0 bridgehead atoms. The number of sulfonamides is 1. The summed E-state index contributed by atoms with van der Waals surface area (Å²) in [7, 11) is -4.89. The number of hydrogen-bond donors (Lipinski definition) is 0. The number of carbonyl (C=O) groups excluding carboxylic acids is 1. The molecule has 0 heterocycles. The normalized spacial score (nSPS) is 12.0. The standard InChI is InChI=1S/C15H9Cl3F3NO4S/c1-26-13-10(17)6-8(7-11(13)18)14(23)22(27(24,25)15(19,20)21)12-5-3-2-4-9(12)16/h2-7H,1H3. The number of para-hydroxylation sites is 1. The van der Waals surface area contributed by atoms with Gasteiger partial charge in [-0.25, -0.2) is 0 Å². The van der Waals surface area contributed by atoms with Crippen LogP contribution in [0.3, 0.4) is 0 Å². The number of rotatable bonds is 4. The van der Waals surface area contributed by atoms with Crippen LogP contribution in [0.4, 0.5) is 18.9 Å². The fourth-order valence-electron chi connectivity index (χ4n) is 2.06. The lowest BCUT2D eigenvalue weighted by Crippen LogP contribution is -2.44. The van der Waals surface area contributed by atoms with Crippen LogP contribution >= 0.6 is 34.8 Å². The van der Waals surface area contributed by atoms with Crippen LogP contribution in [0.15, 0.2) is 36.4 Å². The average Bonchev–Trinajstić information content (AvgIpc) is 2.55. The van der Waals surface area contributed by atoms with Gasteiger partial charge in [0.15, 0.2) is 5.75 Å². The van der Waals surface area contributed by atoms with Crippen molar-refractivity contribution in [2.24, 2.45) is 0 Å². The summed E-state index contributed by atoms with van der Waals surface area (Å²) in [6.07, 6.45) is 0. The van der Waals surface area contributed by atoms with Crippen LogP contribution in [0.1, 0.15) is 10.4 Å². The highest BCUT2D eigenvalue weighted by Crippen LogP contribution is 2.38. The monoisotopic (exact) mass is 461 g/mol. The number of nitrogens with zero attached hydrogens (tertiary/aromatic N) is 1. The first-order chi connectivity index (χ1) is 12.4. The van der Waals surface area contributed by atoms with Gasteiger partial charge in [-0.15, -0.1) is 0 Å². The van der Waals surface area contributed by atoms with Crippen molar-refractivity contribution in [3.63, 3.8) is 0 Å². The molecular weight excluding hydrogens is 454 g/mol. The lowest BCUT2D eigenvalue weighted by Gasteiger charge is -2.24. The van der Waals surface area contributed by atoms with Gasteiger partial charge in [-0.05, 0) is 24.3 Å². The van der Waals surface area contributed by atoms with Crippen molar-refractivity contribution in [1.29, 1.82) is 0 Å². The van der Waals surface area contributed by atoms with Crippen molar-refractivity contribution < 1.29 is 31.1 Å². The molecular formula is C15H9Cl3F3NO4S. The molecule has 0 spiro atoms. The Labute approximate surface area is 167 Å². The number of methoxy groups -OCH3 is 1. The zero-order valence-corrected chi connectivity index (χ0v) is 16.3. The maximum absolute atomic E-state index is 13.2. The third-order valence-electron chi connectivity index (χ3n) is 3.24. The molecule has 146 valence electrons. The molecule has 0 aliphatic heterocycles. The summed E-state index contributed by atoms with van der Waals surface area (Å²) in [5, 5.41) is -0.780. The molecule has 27 heavy (non-hydrogen) atoms. The molecule has 2 aromatic carbocycles. The predicted molar refractivity (Wildman–Crippen MR) is 96.3 cm³/mol. The number of benzene rings is 2. The summed E-state index contributed by atoms with van der Waals surface area (Å²) in [5.41, 5.74) is -6.95. The maximum Gasteiger partial charge on any atom is 0.517 e. The molecule has 2 aromatic rings. The van der Waals surface area contributed by atoms with Gasteiger partial charge in [-0.1, -0.05) is 46.9 Å². The molecule has 0 unspecified atom stereocenters. The topological polar surface area (TPSA) is 63.7 Å². The van der Waals surface area contributed by atoms with Crippen molar-refractivity contribution in [2.45, 2.75) is 5.51 Å². The van der Waals surface area contributed by atoms with Gasteiger partial charge < -0.3 is 4.74 Å². The molecule has 0 saturated heterocycles. The van der Waals surface area contributed by atoms with E-state index in [0.29, 0.717) is 0 Å². The van der Waals surface area contributed by atoms with E-state index >= 15 is 0 Å². The minimum Gasteiger partial charge on any atom is -0.494 e. The van der Waals surface area contributed by atoms with E-state index < -0.39 is 37.0 Å². The van der Waals surface area contributed by atoms with E-state index in [-0.39, 0.29) is 20.8 Å².